The van der Waals surface area contributed by atoms with E-state index in [1.165, 1.54) is 0 Å². The van der Waals surface area contributed by atoms with E-state index in [2.05, 4.69) is 48.5 Å². The number of imidazole rings is 1. The van der Waals surface area contributed by atoms with E-state index in [1.54, 1.807) is 16.7 Å². The third-order valence-electron chi connectivity index (χ3n) is 5.63. The van der Waals surface area contributed by atoms with E-state index < -0.39 is 0 Å². The van der Waals surface area contributed by atoms with Crippen LogP contribution in [0.5, 0.6) is 0 Å². The molecule has 10 nitrogen and oxygen atoms in total. The molecule has 3 heterocycles. The number of hydrogen-bond donors (Lipinski definition) is 2. The number of nitrogens with one attached hydrogen (secondary N) is 2. The molecule has 1 aromatic carbocycles. The van der Waals surface area contributed by atoms with Gasteiger partial charge in [-0.1, -0.05) is 11.6 Å². The number of anilines is 4. The first-order chi connectivity index (χ1) is 15.5. The Balaban J connectivity index is 1.52. The van der Waals surface area contributed by atoms with Crippen molar-refractivity contribution in [2.75, 3.05) is 48.8 Å². The minimum atomic E-state index is 0.261. The van der Waals surface area contributed by atoms with Crippen LogP contribution in [0.15, 0.2) is 18.3 Å². The fraction of sp³-hybridized carbons (Fsp3) is 0.381. The summed E-state index contributed by atoms with van der Waals surface area (Å²) < 4.78 is 1.67. The average molecular weight is 449 g/mol. The van der Waals surface area contributed by atoms with Crippen molar-refractivity contribution >= 4 is 40.7 Å². The van der Waals surface area contributed by atoms with E-state index in [4.69, 9.17) is 11.6 Å². The number of nitrogens with zero attached hydrogens (tertiary/aromatic N) is 8. The molecular weight excluding hydrogens is 428 g/mol. The van der Waals surface area contributed by atoms with Crippen LogP contribution in [-0.2, 0) is 0 Å². The molecule has 0 unspecified atom stereocenters. The summed E-state index contributed by atoms with van der Waals surface area (Å²) in [4.78, 5) is 17.7. The quantitative estimate of drug-likeness (QED) is 0.606. The lowest BCUT2D eigenvalue weighted by Crippen LogP contribution is -2.44. The number of nitriles is 2. The predicted octanol–water partition coefficient (Wildman–Crippen LogP) is 2.59. The molecule has 0 amide bonds. The first kappa shape index (κ1) is 20.3. The molecule has 1 saturated heterocycles. The Morgan fingerprint density at radius 3 is 2.53 bits per heavy atom. The van der Waals surface area contributed by atoms with Crippen LogP contribution >= 0.6 is 11.6 Å². The van der Waals surface area contributed by atoms with Gasteiger partial charge in [0.1, 0.15) is 6.07 Å². The number of hydrogen-bond acceptors (Lipinski definition) is 9. The summed E-state index contributed by atoms with van der Waals surface area (Å²) in [6, 6.07) is 8.11. The molecule has 0 radical (unpaired) electrons. The molecule has 3 aromatic rings. The SMILES string of the molecule is CN1CCN(c2cc(C#N)cc(Nc3nc(NC4CC4)n4cc(C#N)nc4n3)c2Cl)CC1. The van der Waals surface area contributed by atoms with E-state index in [1.807, 2.05) is 12.1 Å². The molecule has 2 aliphatic rings. The maximum absolute atomic E-state index is 9.57. The van der Waals surface area contributed by atoms with Gasteiger partial charge in [0.15, 0.2) is 5.69 Å². The third-order valence-corrected chi connectivity index (χ3v) is 6.03. The second-order valence-corrected chi connectivity index (χ2v) is 8.46. The third kappa shape index (κ3) is 3.98. The Hall–Kier alpha value is -3.60. The van der Waals surface area contributed by atoms with Gasteiger partial charge in [-0.2, -0.15) is 25.5 Å². The maximum Gasteiger partial charge on any atom is 0.241 e. The van der Waals surface area contributed by atoms with Gasteiger partial charge in [0.25, 0.3) is 0 Å². The number of fused-ring (bicyclic) bond motifs is 1. The van der Waals surface area contributed by atoms with E-state index in [0.29, 0.717) is 34.0 Å². The highest BCUT2D eigenvalue weighted by atomic mass is 35.5. The molecule has 1 aliphatic heterocycles. The fourth-order valence-corrected chi connectivity index (χ4v) is 3.94. The Morgan fingerprint density at radius 1 is 1.06 bits per heavy atom. The molecule has 2 N–H and O–H groups in total. The summed E-state index contributed by atoms with van der Waals surface area (Å²) in [7, 11) is 2.09. The highest BCUT2D eigenvalue weighted by Crippen LogP contribution is 2.36. The predicted molar refractivity (Wildman–Crippen MR) is 121 cm³/mol. The molecule has 1 aliphatic carbocycles. The van der Waals surface area contributed by atoms with Crippen LogP contribution in [0.3, 0.4) is 0 Å². The zero-order valence-corrected chi connectivity index (χ0v) is 18.3. The largest absolute Gasteiger partial charge is 0.368 e. The van der Waals surface area contributed by atoms with Crippen LogP contribution in [0.1, 0.15) is 24.1 Å². The average Bonchev–Trinajstić information content (AvgIpc) is 3.51. The van der Waals surface area contributed by atoms with Gasteiger partial charge >= 0.3 is 0 Å². The van der Waals surface area contributed by atoms with E-state index in [9.17, 15) is 10.5 Å². The Kier molecular flexibility index (Phi) is 5.17. The van der Waals surface area contributed by atoms with Gasteiger partial charge in [0, 0.05) is 32.2 Å². The lowest BCUT2D eigenvalue weighted by Gasteiger charge is -2.35. The summed E-state index contributed by atoms with van der Waals surface area (Å²) in [5, 5.41) is 25.8. The number of piperazine rings is 1. The molecule has 2 fully saturated rings. The zero-order chi connectivity index (χ0) is 22.2. The smallest absolute Gasteiger partial charge is 0.241 e. The number of benzene rings is 1. The van der Waals surface area contributed by atoms with E-state index >= 15 is 0 Å². The van der Waals surface area contributed by atoms with Crippen LogP contribution < -0.4 is 15.5 Å². The van der Waals surface area contributed by atoms with Gasteiger partial charge in [-0.05, 0) is 32.0 Å². The van der Waals surface area contributed by atoms with Crippen molar-refractivity contribution in [2.45, 2.75) is 18.9 Å². The molecule has 32 heavy (non-hydrogen) atoms. The van der Waals surface area contributed by atoms with Gasteiger partial charge in [0.2, 0.25) is 17.7 Å². The number of halogens is 1. The van der Waals surface area contributed by atoms with Crippen LogP contribution in [0.4, 0.5) is 23.3 Å². The monoisotopic (exact) mass is 448 g/mol. The Labute approximate surface area is 190 Å². The molecule has 0 spiro atoms. The van der Waals surface area contributed by atoms with Crippen molar-refractivity contribution in [3.05, 3.63) is 34.6 Å². The fourth-order valence-electron chi connectivity index (χ4n) is 3.66. The van der Waals surface area contributed by atoms with Gasteiger partial charge in [0.05, 0.1) is 34.2 Å². The van der Waals surface area contributed by atoms with Crippen LogP contribution in [0, 0.1) is 22.7 Å². The van der Waals surface area contributed by atoms with Crippen LogP contribution in [0.25, 0.3) is 5.78 Å². The van der Waals surface area contributed by atoms with Gasteiger partial charge in [-0.3, -0.25) is 4.40 Å². The molecule has 1 saturated carbocycles. The number of rotatable bonds is 5. The highest BCUT2D eigenvalue weighted by Gasteiger charge is 2.24. The molecule has 162 valence electrons. The van der Waals surface area contributed by atoms with E-state index in [-0.39, 0.29) is 11.6 Å². The van der Waals surface area contributed by atoms with Crippen molar-refractivity contribution in [3.8, 4) is 12.1 Å². The molecule has 0 atom stereocenters. The summed E-state index contributed by atoms with van der Waals surface area (Å²) in [6.07, 6.45) is 3.75. The first-order valence-corrected chi connectivity index (χ1v) is 10.8. The normalized spacial score (nSPS) is 16.6. The Morgan fingerprint density at radius 2 is 1.84 bits per heavy atom. The summed E-state index contributed by atoms with van der Waals surface area (Å²) in [5.74, 6) is 1.20. The van der Waals surface area contributed by atoms with Crippen molar-refractivity contribution < 1.29 is 0 Å². The first-order valence-electron chi connectivity index (χ1n) is 10.4. The second kappa shape index (κ2) is 8.15. The molecule has 2 aromatic heterocycles. The minimum Gasteiger partial charge on any atom is -0.368 e. The van der Waals surface area contributed by atoms with Crippen LogP contribution in [-0.4, -0.2) is 63.5 Å². The summed E-state index contributed by atoms with van der Waals surface area (Å²) in [5.41, 5.74) is 2.12. The molecule has 0 bridgehead atoms. The van der Waals surface area contributed by atoms with Crippen LogP contribution in [0.2, 0.25) is 5.02 Å². The zero-order valence-electron chi connectivity index (χ0n) is 17.5. The van der Waals surface area contributed by atoms with E-state index in [0.717, 1.165) is 44.7 Å². The minimum absolute atomic E-state index is 0.261. The van der Waals surface area contributed by atoms with Gasteiger partial charge in [-0.15, -0.1) is 0 Å². The Bertz CT molecular complexity index is 1260. The molecular formula is C21H21ClN10. The number of likely N-dealkylation sites (N-methyl/N-ethyl adjacent to an activating group) is 1. The van der Waals surface area contributed by atoms with Crippen molar-refractivity contribution in [1.82, 2.24) is 24.3 Å². The van der Waals surface area contributed by atoms with Crippen molar-refractivity contribution in [2.24, 2.45) is 0 Å². The maximum atomic E-state index is 9.57. The summed E-state index contributed by atoms with van der Waals surface area (Å²) >= 11 is 6.77. The topological polar surface area (TPSA) is 121 Å². The second-order valence-electron chi connectivity index (χ2n) is 8.08. The standard InChI is InChI=1S/C21H21ClN10/c1-30-4-6-31(7-5-30)17-9-13(10-23)8-16(18(17)22)27-19-28-20(25-14-2-3-14)32-12-15(11-24)26-21(32)29-19/h8-9,12,14H,2-7H2,1H3,(H2,25,26,27,28,29). The lowest BCUT2D eigenvalue weighted by atomic mass is 10.1. The van der Waals surface area contributed by atoms with Crippen molar-refractivity contribution in [1.29, 1.82) is 10.5 Å². The molecule has 11 heteroatoms. The summed E-state index contributed by atoms with van der Waals surface area (Å²) in [6.45, 7) is 3.50. The molecule has 5 rings (SSSR count). The highest BCUT2D eigenvalue weighted by molar-refractivity contribution is 6.36. The lowest BCUT2D eigenvalue weighted by molar-refractivity contribution is 0.313. The van der Waals surface area contributed by atoms with Crippen molar-refractivity contribution in [3.63, 3.8) is 0 Å². The number of aromatic nitrogens is 4. The van der Waals surface area contributed by atoms with Gasteiger partial charge in [-0.25, -0.2) is 0 Å². The van der Waals surface area contributed by atoms with Gasteiger partial charge < -0.3 is 20.4 Å².